The minimum absolute atomic E-state index is 0.0988. The fraction of sp³-hybridized carbons (Fsp3) is 0.160. The van der Waals surface area contributed by atoms with E-state index in [1.165, 1.54) is 18.2 Å². The second-order valence-electron chi connectivity index (χ2n) is 7.15. The average Bonchev–Trinajstić information content (AvgIpc) is 2.89. The number of ether oxygens (including phenoxy) is 1. The first kappa shape index (κ1) is 24.6. The van der Waals surface area contributed by atoms with E-state index in [2.05, 4.69) is 16.3 Å². The van der Waals surface area contributed by atoms with Crippen molar-refractivity contribution < 1.29 is 14.5 Å². The Morgan fingerprint density at radius 3 is 2.37 bits per heavy atom. The number of rotatable bonds is 10. The Morgan fingerprint density at radius 2 is 1.71 bits per heavy atom. The van der Waals surface area contributed by atoms with Crippen molar-refractivity contribution in [3.8, 4) is 12.1 Å². The molecule has 0 radical (unpaired) electrons. The van der Waals surface area contributed by atoms with Gasteiger partial charge in [-0.05, 0) is 42.5 Å². The number of carbonyl (C=O) groups is 1. The molecule has 0 aliphatic rings. The maximum absolute atomic E-state index is 12.1. The van der Waals surface area contributed by atoms with Crippen LogP contribution in [-0.4, -0.2) is 30.6 Å². The normalized spacial score (nSPS) is 10.3. The highest BCUT2D eigenvalue weighted by Crippen LogP contribution is 2.29. The molecule has 0 saturated carbocycles. The number of nitriles is 2. The van der Waals surface area contributed by atoms with Crippen molar-refractivity contribution in [1.82, 2.24) is 0 Å². The van der Waals surface area contributed by atoms with Gasteiger partial charge in [0.05, 0.1) is 35.2 Å². The molecular weight excluding hydrogens is 448 g/mol. The second-order valence-corrected chi connectivity index (χ2v) is 7.15. The lowest BCUT2D eigenvalue weighted by Crippen LogP contribution is -2.29. The number of hydrogen-bond acceptors (Lipinski definition) is 9. The zero-order valence-electron chi connectivity index (χ0n) is 18.6. The number of benzene rings is 3. The topological polar surface area (TPSA) is 145 Å². The molecule has 0 spiro atoms. The summed E-state index contributed by atoms with van der Waals surface area (Å²) in [6.45, 7) is 0.976. The van der Waals surface area contributed by atoms with Gasteiger partial charge in [-0.15, -0.1) is 5.11 Å². The predicted molar refractivity (Wildman–Crippen MR) is 128 cm³/mol. The highest BCUT2D eigenvalue weighted by molar-refractivity contribution is 5.89. The maximum atomic E-state index is 12.1. The Morgan fingerprint density at radius 1 is 0.971 bits per heavy atom. The van der Waals surface area contributed by atoms with Crippen molar-refractivity contribution in [1.29, 1.82) is 10.5 Å². The summed E-state index contributed by atoms with van der Waals surface area (Å²) in [6, 6.07) is 23.7. The monoisotopic (exact) mass is 468 g/mol. The van der Waals surface area contributed by atoms with Crippen LogP contribution in [0.5, 0.6) is 0 Å². The third-order valence-electron chi connectivity index (χ3n) is 4.91. The Labute approximate surface area is 201 Å². The summed E-state index contributed by atoms with van der Waals surface area (Å²) in [5, 5.41) is 37.4. The molecule has 35 heavy (non-hydrogen) atoms. The summed E-state index contributed by atoms with van der Waals surface area (Å²) in [7, 11) is 0. The predicted octanol–water partition coefficient (Wildman–Crippen LogP) is 5.46. The highest BCUT2D eigenvalue weighted by Gasteiger charge is 2.17. The van der Waals surface area contributed by atoms with E-state index < -0.39 is 10.9 Å². The number of azo groups is 1. The van der Waals surface area contributed by atoms with E-state index in [4.69, 9.17) is 10.00 Å². The third kappa shape index (κ3) is 6.70. The van der Waals surface area contributed by atoms with Gasteiger partial charge in [-0.1, -0.05) is 24.3 Å². The van der Waals surface area contributed by atoms with Crippen LogP contribution >= 0.6 is 0 Å². The molecule has 0 saturated heterocycles. The smallest absolute Gasteiger partial charge is 0.338 e. The maximum Gasteiger partial charge on any atom is 0.338 e. The molecule has 0 unspecified atom stereocenters. The molecule has 0 heterocycles. The first-order valence-corrected chi connectivity index (χ1v) is 10.6. The van der Waals surface area contributed by atoms with Gasteiger partial charge in [0.15, 0.2) is 5.56 Å². The number of anilines is 1. The molecule has 0 amide bonds. The van der Waals surface area contributed by atoms with Crippen LogP contribution in [0, 0.1) is 32.8 Å². The fourth-order valence-corrected chi connectivity index (χ4v) is 3.18. The van der Waals surface area contributed by atoms with Crippen LogP contribution in [0.2, 0.25) is 0 Å². The lowest BCUT2D eigenvalue weighted by molar-refractivity contribution is -0.385. The van der Waals surface area contributed by atoms with Crippen molar-refractivity contribution >= 4 is 28.7 Å². The summed E-state index contributed by atoms with van der Waals surface area (Å²) in [6.07, 6.45) is 0.289. The lowest BCUT2D eigenvalue weighted by atomic mass is 10.1. The molecule has 0 N–H and O–H groups in total. The average molecular weight is 468 g/mol. The van der Waals surface area contributed by atoms with E-state index in [-0.39, 0.29) is 30.0 Å². The molecule has 0 aliphatic heterocycles. The number of nitro groups is 1. The minimum Gasteiger partial charge on any atom is -0.460 e. The van der Waals surface area contributed by atoms with Crippen LogP contribution < -0.4 is 4.90 Å². The molecular formula is C25H20N6O4. The largest absolute Gasteiger partial charge is 0.460 e. The molecule has 10 heteroatoms. The van der Waals surface area contributed by atoms with E-state index >= 15 is 0 Å². The van der Waals surface area contributed by atoms with Crippen molar-refractivity contribution in [2.24, 2.45) is 10.2 Å². The summed E-state index contributed by atoms with van der Waals surface area (Å²) in [5.74, 6) is -0.417. The van der Waals surface area contributed by atoms with Crippen LogP contribution in [0.15, 0.2) is 83.0 Å². The van der Waals surface area contributed by atoms with Crippen molar-refractivity contribution in [2.75, 3.05) is 24.6 Å². The van der Waals surface area contributed by atoms with Crippen LogP contribution in [0.4, 0.5) is 22.7 Å². The molecule has 3 aromatic rings. The Bertz CT molecular complexity index is 1290. The Kier molecular flexibility index (Phi) is 8.58. The number of carbonyl (C=O) groups excluding carboxylic acids is 1. The Balaban J connectivity index is 1.68. The molecule has 0 atom stereocenters. The van der Waals surface area contributed by atoms with Crippen molar-refractivity contribution in [3.05, 3.63) is 94.0 Å². The van der Waals surface area contributed by atoms with Crippen LogP contribution in [-0.2, 0) is 4.74 Å². The van der Waals surface area contributed by atoms with Crippen molar-refractivity contribution in [2.45, 2.75) is 6.42 Å². The lowest BCUT2D eigenvalue weighted by Gasteiger charge is -2.23. The molecule has 10 nitrogen and oxygen atoms in total. The van der Waals surface area contributed by atoms with Gasteiger partial charge in [0.2, 0.25) is 0 Å². The second kappa shape index (κ2) is 12.2. The number of esters is 1. The van der Waals surface area contributed by atoms with Gasteiger partial charge < -0.3 is 9.64 Å². The molecule has 0 bridgehead atoms. The molecule has 0 fully saturated rings. The van der Waals surface area contributed by atoms with Gasteiger partial charge in [-0.25, -0.2) is 4.79 Å². The zero-order chi connectivity index (χ0) is 25.0. The van der Waals surface area contributed by atoms with Gasteiger partial charge in [-0.3, -0.25) is 10.1 Å². The van der Waals surface area contributed by atoms with Crippen LogP contribution in [0.1, 0.15) is 22.3 Å². The SMILES string of the molecule is N#CCCN(CCOC(=O)c1ccccc1)c1ccc(N=Nc2cccc([N+](=O)[O-])c2C#N)cc1. The van der Waals surface area contributed by atoms with Gasteiger partial charge in [-0.2, -0.15) is 15.6 Å². The summed E-state index contributed by atoms with van der Waals surface area (Å²) < 4.78 is 5.35. The van der Waals surface area contributed by atoms with E-state index in [1.54, 1.807) is 54.6 Å². The molecule has 0 aliphatic carbocycles. The van der Waals surface area contributed by atoms with E-state index in [9.17, 15) is 20.2 Å². The first-order valence-electron chi connectivity index (χ1n) is 10.6. The summed E-state index contributed by atoms with van der Waals surface area (Å²) in [4.78, 5) is 24.5. The van der Waals surface area contributed by atoms with Crippen LogP contribution in [0.3, 0.4) is 0 Å². The molecule has 0 aromatic heterocycles. The molecule has 3 aromatic carbocycles. The zero-order valence-corrected chi connectivity index (χ0v) is 18.6. The van der Waals surface area contributed by atoms with E-state index in [1.807, 2.05) is 11.0 Å². The van der Waals surface area contributed by atoms with Gasteiger partial charge in [0, 0.05) is 18.3 Å². The summed E-state index contributed by atoms with van der Waals surface area (Å²) >= 11 is 0. The molecule has 3 rings (SSSR count). The third-order valence-corrected chi connectivity index (χ3v) is 4.91. The Hall–Kier alpha value is -5.09. The van der Waals surface area contributed by atoms with E-state index in [0.29, 0.717) is 24.3 Å². The minimum atomic E-state index is -0.640. The van der Waals surface area contributed by atoms with Crippen molar-refractivity contribution in [3.63, 3.8) is 0 Å². The van der Waals surface area contributed by atoms with Gasteiger partial charge in [0.1, 0.15) is 18.4 Å². The van der Waals surface area contributed by atoms with Crippen LogP contribution in [0.25, 0.3) is 0 Å². The first-order chi connectivity index (χ1) is 17.0. The highest BCUT2D eigenvalue weighted by atomic mass is 16.6. The number of nitro benzene ring substituents is 1. The van der Waals surface area contributed by atoms with E-state index in [0.717, 1.165) is 5.69 Å². The van der Waals surface area contributed by atoms with Gasteiger partial charge in [0.25, 0.3) is 5.69 Å². The fourth-order valence-electron chi connectivity index (χ4n) is 3.18. The standard InChI is InChI=1S/C25H20N6O4/c26-14-5-15-30(16-17-35-25(32)19-6-2-1-3-7-19)21-12-10-20(11-13-21)28-29-23-8-4-9-24(31(33)34)22(23)18-27/h1-4,6-13H,5,15-17H2. The van der Waals surface area contributed by atoms with Gasteiger partial charge >= 0.3 is 5.97 Å². The summed E-state index contributed by atoms with van der Waals surface area (Å²) in [5.41, 5.74) is 1.34. The quantitative estimate of drug-likeness (QED) is 0.166. The number of hydrogen-bond donors (Lipinski definition) is 0. The molecule has 174 valence electrons. The number of nitrogens with zero attached hydrogens (tertiary/aromatic N) is 6.